The van der Waals surface area contributed by atoms with Crippen molar-refractivity contribution in [3.8, 4) is 0 Å². The molecule has 0 aliphatic carbocycles. The van der Waals surface area contributed by atoms with E-state index in [2.05, 4.69) is 33.2 Å². The molecule has 1 fully saturated rings. The monoisotopic (exact) mass is 673 g/mol. The molecule has 1 aliphatic rings. The topological polar surface area (TPSA) is 95.6 Å². The molecule has 2 N–H and O–H groups in total. The molecular formula is C32H24IN3O4S. The summed E-state index contributed by atoms with van der Waals surface area (Å²) in [4.78, 5) is 54.0. The fourth-order valence-electron chi connectivity index (χ4n) is 4.23. The maximum absolute atomic E-state index is 13.4. The minimum Gasteiger partial charge on any atom is -0.321 e. The second-order valence-electron chi connectivity index (χ2n) is 9.13. The Morgan fingerprint density at radius 2 is 1.54 bits per heavy atom. The molecule has 41 heavy (non-hydrogen) atoms. The fraction of sp³-hybridized carbons (Fsp3) is 0.0625. The summed E-state index contributed by atoms with van der Waals surface area (Å²) in [5.41, 5.74) is 2.29. The van der Waals surface area contributed by atoms with Crippen molar-refractivity contribution in [1.82, 2.24) is 5.32 Å². The first kappa shape index (κ1) is 28.3. The van der Waals surface area contributed by atoms with Crippen LogP contribution in [-0.4, -0.2) is 28.9 Å². The van der Waals surface area contributed by atoms with Crippen LogP contribution in [0.25, 0.3) is 6.08 Å². The average molecular weight is 674 g/mol. The molecule has 0 spiro atoms. The lowest BCUT2D eigenvalue weighted by Gasteiger charge is -2.15. The molecule has 1 saturated heterocycles. The standard InChI is InChI=1S/C32H24IN3O4S/c33-23-14-16-25(17-15-23)36-29(37)20-28(32(36)40)41-26-13-7-12-24(19-26)34-31(39)27(18-21-8-3-1-4-9-21)35-30(38)22-10-5-2-6-11-22/h1-19,28H,20H2,(H,34,39)(H,35,38)/b27-18-. The van der Waals surface area contributed by atoms with Crippen LogP contribution in [0.15, 0.2) is 120 Å². The van der Waals surface area contributed by atoms with Crippen molar-refractivity contribution in [3.63, 3.8) is 0 Å². The highest BCUT2D eigenvalue weighted by Gasteiger charge is 2.40. The normalized spacial score (nSPS) is 15.1. The molecule has 1 aliphatic heterocycles. The lowest BCUT2D eigenvalue weighted by molar-refractivity contribution is -0.121. The second kappa shape index (κ2) is 13.0. The number of halogens is 1. The minimum atomic E-state index is -0.577. The first-order valence-electron chi connectivity index (χ1n) is 12.7. The van der Waals surface area contributed by atoms with E-state index in [9.17, 15) is 19.2 Å². The summed E-state index contributed by atoms with van der Waals surface area (Å²) in [7, 11) is 0. The summed E-state index contributed by atoms with van der Waals surface area (Å²) >= 11 is 3.45. The van der Waals surface area contributed by atoms with E-state index < -0.39 is 17.1 Å². The Bertz CT molecular complexity index is 1630. The number of imide groups is 1. The summed E-state index contributed by atoms with van der Waals surface area (Å²) in [6.45, 7) is 0. The van der Waals surface area contributed by atoms with Gasteiger partial charge in [-0.1, -0.05) is 54.6 Å². The number of carbonyl (C=O) groups is 4. The van der Waals surface area contributed by atoms with Crippen LogP contribution >= 0.6 is 34.4 Å². The highest BCUT2D eigenvalue weighted by atomic mass is 127. The first-order valence-corrected chi connectivity index (χ1v) is 14.7. The van der Waals surface area contributed by atoms with Gasteiger partial charge >= 0.3 is 0 Å². The van der Waals surface area contributed by atoms with Gasteiger partial charge in [0.2, 0.25) is 11.8 Å². The number of benzene rings is 4. The number of anilines is 2. The molecular weight excluding hydrogens is 649 g/mol. The maximum Gasteiger partial charge on any atom is 0.272 e. The first-order chi connectivity index (χ1) is 19.9. The van der Waals surface area contributed by atoms with Gasteiger partial charge in [-0.3, -0.25) is 19.2 Å². The van der Waals surface area contributed by atoms with Crippen LogP contribution in [0.4, 0.5) is 11.4 Å². The van der Waals surface area contributed by atoms with E-state index in [0.717, 1.165) is 14.0 Å². The lowest BCUT2D eigenvalue weighted by atomic mass is 10.1. The Kier molecular flexibility index (Phi) is 8.95. The van der Waals surface area contributed by atoms with Crippen molar-refractivity contribution >= 4 is 75.4 Å². The smallest absolute Gasteiger partial charge is 0.272 e. The zero-order valence-electron chi connectivity index (χ0n) is 21.6. The number of nitrogens with zero attached hydrogens (tertiary/aromatic N) is 1. The number of rotatable bonds is 8. The van der Waals surface area contributed by atoms with Gasteiger partial charge in [0, 0.05) is 26.1 Å². The molecule has 7 nitrogen and oxygen atoms in total. The number of nitrogens with one attached hydrogen (secondary N) is 2. The van der Waals surface area contributed by atoms with E-state index in [0.29, 0.717) is 16.9 Å². The third-order valence-corrected chi connectivity index (χ3v) is 8.10. The lowest BCUT2D eigenvalue weighted by Crippen LogP contribution is -2.31. The predicted octanol–water partition coefficient (Wildman–Crippen LogP) is 6.13. The predicted molar refractivity (Wildman–Crippen MR) is 169 cm³/mol. The van der Waals surface area contributed by atoms with Crippen LogP contribution < -0.4 is 15.5 Å². The molecule has 4 aromatic rings. The second-order valence-corrected chi connectivity index (χ2v) is 11.6. The molecule has 0 aromatic heterocycles. The molecule has 1 unspecified atom stereocenters. The molecule has 4 aromatic carbocycles. The van der Waals surface area contributed by atoms with Crippen LogP contribution in [0.1, 0.15) is 22.3 Å². The van der Waals surface area contributed by atoms with Gasteiger partial charge in [-0.25, -0.2) is 4.90 Å². The zero-order valence-corrected chi connectivity index (χ0v) is 24.6. The van der Waals surface area contributed by atoms with Gasteiger partial charge in [-0.2, -0.15) is 0 Å². The molecule has 0 saturated carbocycles. The zero-order chi connectivity index (χ0) is 28.8. The molecule has 1 heterocycles. The summed E-state index contributed by atoms with van der Waals surface area (Å²) in [6, 6.07) is 32.1. The Balaban J connectivity index is 1.31. The molecule has 1 atom stereocenters. The van der Waals surface area contributed by atoms with Gasteiger partial charge in [-0.05, 0) is 88.8 Å². The van der Waals surface area contributed by atoms with Crippen molar-refractivity contribution < 1.29 is 19.2 Å². The van der Waals surface area contributed by atoms with E-state index in [4.69, 9.17) is 0 Å². The van der Waals surface area contributed by atoms with Crippen molar-refractivity contribution in [3.05, 3.63) is 130 Å². The van der Waals surface area contributed by atoms with Gasteiger partial charge < -0.3 is 10.6 Å². The van der Waals surface area contributed by atoms with Crippen LogP contribution in [0.2, 0.25) is 0 Å². The number of hydrogen-bond donors (Lipinski definition) is 2. The largest absolute Gasteiger partial charge is 0.321 e. The summed E-state index contributed by atoms with van der Waals surface area (Å²) in [5, 5.41) is 5.00. The van der Waals surface area contributed by atoms with Gasteiger partial charge in [0.25, 0.3) is 11.8 Å². The Labute approximate surface area is 255 Å². The van der Waals surface area contributed by atoms with E-state index in [-0.39, 0.29) is 23.9 Å². The van der Waals surface area contributed by atoms with Crippen LogP contribution in [0, 0.1) is 3.57 Å². The average Bonchev–Trinajstić information content (AvgIpc) is 3.26. The van der Waals surface area contributed by atoms with Crippen molar-refractivity contribution in [2.45, 2.75) is 16.6 Å². The molecule has 9 heteroatoms. The van der Waals surface area contributed by atoms with Crippen LogP contribution in [0.3, 0.4) is 0 Å². The Morgan fingerprint density at radius 1 is 0.854 bits per heavy atom. The SMILES string of the molecule is O=C(Nc1cccc(SC2CC(=O)N(c3ccc(I)cc3)C2=O)c1)/C(=C/c1ccccc1)NC(=O)c1ccccc1. The highest BCUT2D eigenvalue weighted by molar-refractivity contribution is 14.1. The number of amides is 4. The Morgan fingerprint density at radius 3 is 2.24 bits per heavy atom. The van der Waals surface area contributed by atoms with Crippen molar-refractivity contribution in [2.24, 2.45) is 0 Å². The molecule has 0 bridgehead atoms. The minimum absolute atomic E-state index is 0.0767. The summed E-state index contributed by atoms with van der Waals surface area (Å²) in [5.74, 6) is -1.43. The van der Waals surface area contributed by atoms with Gasteiger partial charge in [-0.15, -0.1) is 11.8 Å². The van der Waals surface area contributed by atoms with E-state index >= 15 is 0 Å². The van der Waals surface area contributed by atoms with E-state index in [1.807, 2.05) is 54.6 Å². The quantitative estimate of drug-likeness (QED) is 0.134. The van der Waals surface area contributed by atoms with Crippen LogP contribution in [0.5, 0.6) is 0 Å². The van der Waals surface area contributed by atoms with Gasteiger partial charge in [0.1, 0.15) is 5.70 Å². The molecule has 4 amide bonds. The maximum atomic E-state index is 13.4. The van der Waals surface area contributed by atoms with Crippen LogP contribution in [-0.2, 0) is 14.4 Å². The fourth-order valence-corrected chi connectivity index (χ4v) is 5.70. The Hall–Kier alpha value is -4.22. The molecule has 204 valence electrons. The molecule has 0 radical (unpaired) electrons. The summed E-state index contributed by atoms with van der Waals surface area (Å²) in [6.07, 6.45) is 1.69. The van der Waals surface area contributed by atoms with Gasteiger partial charge in [0.15, 0.2) is 0 Å². The summed E-state index contributed by atoms with van der Waals surface area (Å²) < 4.78 is 1.01. The van der Waals surface area contributed by atoms with Crippen molar-refractivity contribution in [1.29, 1.82) is 0 Å². The van der Waals surface area contributed by atoms with Gasteiger partial charge in [0.05, 0.1) is 10.9 Å². The number of carbonyl (C=O) groups excluding carboxylic acids is 4. The van der Waals surface area contributed by atoms with Crippen molar-refractivity contribution in [2.75, 3.05) is 10.2 Å². The third kappa shape index (κ3) is 7.11. The number of thioether (sulfide) groups is 1. The van der Waals surface area contributed by atoms with E-state index in [1.165, 1.54) is 16.7 Å². The van der Waals surface area contributed by atoms with E-state index in [1.54, 1.807) is 60.7 Å². The number of hydrogen-bond acceptors (Lipinski definition) is 5. The highest BCUT2D eigenvalue weighted by Crippen LogP contribution is 2.35. The molecule has 5 rings (SSSR count). The third-order valence-electron chi connectivity index (χ3n) is 6.20.